The molecule has 7 nitrogen and oxygen atoms in total. The predicted octanol–water partition coefficient (Wildman–Crippen LogP) is 0.961. The molecular formula is C12H17IO7. The van der Waals surface area contributed by atoms with Crippen molar-refractivity contribution in [2.75, 3.05) is 0 Å². The lowest BCUT2D eigenvalue weighted by atomic mass is 10.0. The Morgan fingerprint density at radius 3 is 1.80 bits per heavy atom. The molecule has 0 aromatic rings. The summed E-state index contributed by atoms with van der Waals surface area (Å²) in [5.74, 6) is -1.52. The molecule has 114 valence electrons. The van der Waals surface area contributed by atoms with Crippen LogP contribution in [0.1, 0.15) is 27.7 Å². The summed E-state index contributed by atoms with van der Waals surface area (Å²) >= 11 is 1.95. The third-order valence-electron chi connectivity index (χ3n) is 2.60. The molecule has 0 bridgehead atoms. The van der Waals surface area contributed by atoms with Gasteiger partial charge in [0.25, 0.3) is 0 Å². The Kier molecular flexibility index (Phi) is 6.18. The maximum Gasteiger partial charge on any atom is 0.304 e. The number of rotatable bonds is 3. The van der Waals surface area contributed by atoms with Gasteiger partial charge >= 0.3 is 17.9 Å². The van der Waals surface area contributed by atoms with Crippen molar-refractivity contribution in [1.82, 2.24) is 0 Å². The van der Waals surface area contributed by atoms with E-state index in [0.717, 1.165) is 0 Å². The van der Waals surface area contributed by atoms with E-state index in [2.05, 4.69) is 0 Å². The monoisotopic (exact) mass is 400 g/mol. The van der Waals surface area contributed by atoms with Gasteiger partial charge in [-0.15, -0.1) is 0 Å². The van der Waals surface area contributed by atoms with Crippen LogP contribution in [0.3, 0.4) is 0 Å². The number of carbonyl (C=O) groups is 3. The second-order valence-electron chi connectivity index (χ2n) is 4.41. The normalized spacial score (nSPS) is 33.1. The molecule has 1 heterocycles. The zero-order valence-corrected chi connectivity index (χ0v) is 13.8. The van der Waals surface area contributed by atoms with E-state index < -0.39 is 46.4 Å². The van der Waals surface area contributed by atoms with Gasteiger partial charge in [0.1, 0.15) is 3.92 Å². The molecule has 0 saturated carbocycles. The van der Waals surface area contributed by atoms with Gasteiger partial charge < -0.3 is 18.9 Å². The van der Waals surface area contributed by atoms with E-state index in [9.17, 15) is 14.4 Å². The molecule has 0 unspecified atom stereocenters. The first kappa shape index (κ1) is 17.2. The maximum absolute atomic E-state index is 11.2. The van der Waals surface area contributed by atoms with Crippen LogP contribution in [-0.4, -0.2) is 46.4 Å². The van der Waals surface area contributed by atoms with Crippen LogP contribution < -0.4 is 0 Å². The highest BCUT2D eigenvalue weighted by atomic mass is 127. The fraction of sp³-hybridized carbons (Fsp3) is 0.750. The number of halogens is 1. The molecule has 0 aliphatic carbocycles. The summed E-state index contributed by atoms with van der Waals surface area (Å²) in [5, 5.41) is 0. The fourth-order valence-corrected chi connectivity index (χ4v) is 2.77. The predicted molar refractivity (Wildman–Crippen MR) is 75.0 cm³/mol. The largest absolute Gasteiger partial charge is 0.457 e. The molecule has 8 heteroatoms. The summed E-state index contributed by atoms with van der Waals surface area (Å²) in [6, 6.07) is 0. The van der Waals surface area contributed by atoms with Gasteiger partial charge in [-0.3, -0.25) is 14.4 Å². The Morgan fingerprint density at radius 1 is 0.900 bits per heavy atom. The van der Waals surface area contributed by atoms with Crippen molar-refractivity contribution in [3.05, 3.63) is 0 Å². The first-order valence-electron chi connectivity index (χ1n) is 6.03. The van der Waals surface area contributed by atoms with E-state index in [0.29, 0.717) is 0 Å². The Bertz CT molecular complexity index is 397. The van der Waals surface area contributed by atoms with Gasteiger partial charge in [0.05, 0.1) is 6.10 Å². The average molecular weight is 400 g/mol. The van der Waals surface area contributed by atoms with Crippen LogP contribution in [0.25, 0.3) is 0 Å². The summed E-state index contributed by atoms with van der Waals surface area (Å²) in [6.07, 6.45) is -2.92. The highest BCUT2D eigenvalue weighted by Gasteiger charge is 2.48. The lowest BCUT2D eigenvalue weighted by Crippen LogP contribution is -2.58. The Hall–Kier alpha value is -0.900. The Labute approximate surface area is 130 Å². The number of alkyl halides is 1. The highest BCUT2D eigenvalue weighted by molar-refractivity contribution is 14.1. The molecule has 1 aliphatic rings. The summed E-state index contributed by atoms with van der Waals surface area (Å²) in [4.78, 5) is 33.4. The smallest absolute Gasteiger partial charge is 0.304 e. The van der Waals surface area contributed by atoms with E-state index in [-0.39, 0.29) is 0 Å². The summed E-state index contributed by atoms with van der Waals surface area (Å²) < 4.78 is 20.4. The van der Waals surface area contributed by atoms with Gasteiger partial charge in [-0.05, 0) is 6.92 Å². The average Bonchev–Trinajstić information content (AvgIpc) is 2.28. The van der Waals surface area contributed by atoms with Crippen LogP contribution in [0.2, 0.25) is 0 Å². The van der Waals surface area contributed by atoms with E-state index in [4.69, 9.17) is 18.9 Å². The highest BCUT2D eigenvalue weighted by Crippen LogP contribution is 2.31. The minimum atomic E-state index is -0.862. The SMILES string of the molecule is CC(=O)O[C@H]1O[C@H](C)[C@@H](OC(C)=O)[C@H](OC(C)=O)[C@@H]1I. The van der Waals surface area contributed by atoms with Gasteiger partial charge in [0.2, 0.25) is 6.29 Å². The van der Waals surface area contributed by atoms with E-state index >= 15 is 0 Å². The van der Waals surface area contributed by atoms with Crippen molar-refractivity contribution < 1.29 is 33.3 Å². The van der Waals surface area contributed by atoms with Crippen LogP contribution in [0, 0.1) is 0 Å². The van der Waals surface area contributed by atoms with Crippen LogP contribution in [-0.2, 0) is 33.3 Å². The van der Waals surface area contributed by atoms with Crippen LogP contribution in [0.15, 0.2) is 0 Å². The second kappa shape index (κ2) is 7.21. The fourth-order valence-electron chi connectivity index (χ4n) is 1.90. The summed E-state index contributed by atoms with van der Waals surface area (Å²) in [6.45, 7) is 5.44. The zero-order valence-electron chi connectivity index (χ0n) is 11.6. The molecule has 0 aromatic heterocycles. The number of carbonyl (C=O) groups excluding carboxylic acids is 3. The molecule has 0 aromatic carbocycles. The van der Waals surface area contributed by atoms with Crippen molar-refractivity contribution in [3.8, 4) is 0 Å². The van der Waals surface area contributed by atoms with Crippen molar-refractivity contribution in [2.45, 2.75) is 56.2 Å². The number of hydrogen-bond donors (Lipinski definition) is 0. The van der Waals surface area contributed by atoms with Gasteiger partial charge in [0.15, 0.2) is 12.2 Å². The third kappa shape index (κ3) is 4.58. The quantitative estimate of drug-likeness (QED) is 0.302. The molecule has 0 amide bonds. The molecule has 1 saturated heterocycles. The van der Waals surface area contributed by atoms with Crippen molar-refractivity contribution >= 4 is 40.5 Å². The Morgan fingerprint density at radius 2 is 1.35 bits per heavy atom. The molecule has 5 atom stereocenters. The standard InChI is InChI=1S/C12H17IO7/c1-5-10(18-6(2)14)11(19-7(3)15)9(13)12(17-5)20-8(4)16/h5,9-12H,1-4H3/t5-,9+,10-,11-,12-/m1/s1. The van der Waals surface area contributed by atoms with Gasteiger partial charge in [0, 0.05) is 20.8 Å². The maximum atomic E-state index is 11.2. The first-order chi connectivity index (χ1) is 9.22. The summed E-state index contributed by atoms with van der Waals surface area (Å²) in [5.41, 5.74) is 0. The van der Waals surface area contributed by atoms with Gasteiger partial charge in [-0.25, -0.2) is 0 Å². The molecule has 1 rings (SSSR count). The lowest BCUT2D eigenvalue weighted by Gasteiger charge is -2.41. The molecule has 20 heavy (non-hydrogen) atoms. The topological polar surface area (TPSA) is 88.1 Å². The van der Waals surface area contributed by atoms with E-state index in [1.807, 2.05) is 22.6 Å². The molecular weight excluding hydrogens is 383 g/mol. The first-order valence-corrected chi connectivity index (χ1v) is 7.28. The summed E-state index contributed by atoms with van der Waals surface area (Å²) in [7, 11) is 0. The lowest BCUT2D eigenvalue weighted by molar-refractivity contribution is -0.244. The number of esters is 3. The van der Waals surface area contributed by atoms with Crippen molar-refractivity contribution in [1.29, 1.82) is 0 Å². The molecule has 0 radical (unpaired) electrons. The van der Waals surface area contributed by atoms with Crippen LogP contribution >= 0.6 is 22.6 Å². The minimum Gasteiger partial charge on any atom is -0.457 e. The Balaban J connectivity index is 2.93. The zero-order chi connectivity index (χ0) is 15.4. The number of ether oxygens (including phenoxy) is 4. The number of hydrogen-bond acceptors (Lipinski definition) is 7. The molecule has 1 aliphatic heterocycles. The van der Waals surface area contributed by atoms with Crippen molar-refractivity contribution in [3.63, 3.8) is 0 Å². The van der Waals surface area contributed by atoms with Gasteiger partial charge in [-0.1, -0.05) is 22.6 Å². The second-order valence-corrected chi connectivity index (χ2v) is 5.85. The van der Waals surface area contributed by atoms with Gasteiger partial charge in [-0.2, -0.15) is 0 Å². The molecule has 0 N–H and O–H groups in total. The molecule has 1 fully saturated rings. The van der Waals surface area contributed by atoms with E-state index in [1.165, 1.54) is 20.8 Å². The minimum absolute atomic E-state index is 0.485. The third-order valence-corrected chi connectivity index (χ3v) is 3.89. The van der Waals surface area contributed by atoms with E-state index in [1.54, 1.807) is 6.92 Å². The van der Waals surface area contributed by atoms with Crippen LogP contribution in [0.4, 0.5) is 0 Å². The van der Waals surface area contributed by atoms with Crippen LogP contribution in [0.5, 0.6) is 0 Å². The van der Waals surface area contributed by atoms with Crippen molar-refractivity contribution in [2.24, 2.45) is 0 Å². The molecule has 0 spiro atoms.